The van der Waals surface area contributed by atoms with Gasteiger partial charge in [-0.25, -0.2) is 0 Å². The fourth-order valence-corrected chi connectivity index (χ4v) is 2.61. The first-order valence-corrected chi connectivity index (χ1v) is 6.87. The predicted molar refractivity (Wildman–Crippen MR) is 79.1 cm³/mol. The minimum atomic E-state index is 0.498. The molecule has 0 spiro atoms. The molecule has 2 heteroatoms. The molecule has 18 heavy (non-hydrogen) atoms. The van der Waals surface area contributed by atoms with E-state index in [0.29, 0.717) is 6.04 Å². The van der Waals surface area contributed by atoms with Gasteiger partial charge in [0.25, 0.3) is 0 Å². The maximum atomic E-state index is 3.44. The highest BCUT2D eigenvalue weighted by Crippen LogP contribution is 2.32. The van der Waals surface area contributed by atoms with E-state index in [9.17, 15) is 0 Å². The molecule has 0 saturated heterocycles. The Hall–Kier alpha value is -1.28. The van der Waals surface area contributed by atoms with Crippen LogP contribution >= 0.6 is 0 Å². The monoisotopic (exact) mass is 244 g/mol. The number of fused-ring (bicyclic) bond motifs is 1. The van der Waals surface area contributed by atoms with Crippen LogP contribution in [0.4, 0.5) is 5.69 Å². The quantitative estimate of drug-likeness (QED) is 0.819. The van der Waals surface area contributed by atoms with E-state index < -0.39 is 0 Å². The highest BCUT2D eigenvalue weighted by atomic mass is 15.1. The Balaban J connectivity index is 2.29. The van der Waals surface area contributed by atoms with E-state index in [1.54, 1.807) is 0 Å². The van der Waals surface area contributed by atoms with Gasteiger partial charge in [-0.3, -0.25) is 0 Å². The number of allylic oxidation sites excluding steroid dienone is 1. The third-order valence-electron chi connectivity index (χ3n) is 3.64. The number of nitrogens with one attached hydrogen (secondary N) is 1. The summed E-state index contributed by atoms with van der Waals surface area (Å²) in [5.41, 5.74) is 4.23. The number of anilines is 1. The molecule has 98 valence electrons. The van der Waals surface area contributed by atoms with Gasteiger partial charge in [-0.2, -0.15) is 0 Å². The third-order valence-corrected chi connectivity index (χ3v) is 3.64. The molecule has 1 aromatic rings. The average Bonchev–Trinajstić information content (AvgIpc) is 2.55. The normalized spacial score (nSPS) is 19.1. The summed E-state index contributed by atoms with van der Waals surface area (Å²) in [6.07, 6.45) is 4.78. The predicted octanol–water partition coefficient (Wildman–Crippen LogP) is 3.51. The van der Waals surface area contributed by atoms with E-state index in [0.717, 1.165) is 13.1 Å². The first-order valence-electron chi connectivity index (χ1n) is 6.87. The van der Waals surface area contributed by atoms with E-state index in [1.807, 2.05) is 0 Å². The molecule has 0 fully saturated rings. The van der Waals surface area contributed by atoms with Crippen LogP contribution in [0.15, 0.2) is 35.9 Å². The topological polar surface area (TPSA) is 15.3 Å². The zero-order valence-electron chi connectivity index (χ0n) is 11.7. The first-order chi connectivity index (χ1) is 8.72. The molecule has 2 nitrogen and oxygen atoms in total. The smallest absolute Gasteiger partial charge is 0.0417 e. The average molecular weight is 244 g/mol. The number of nitrogens with zero attached hydrogens (tertiary/aromatic N) is 1. The second kappa shape index (κ2) is 6.05. The van der Waals surface area contributed by atoms with Crippen molar-refractivity contribution in [3.63, 3.8) is 0 Å². The van der Waals surface area contributed by atoms with Gasteiger partial charge in [-0.15, -0.1) is 0 Å². The molecule has 2 rings (SSSR count). The van der Waals surface area contributed by atoms with E-state index in [1.165, 1.54) is 29.7 Å². The van der Waals surface area contributed by atoms with Crippen molar-refractivity contribution < 1.29 is 0 Å². The van der Waals surface area contributed by atoms with Crippen LogP contribution in [0.2, 0.25) is 0 Å². The van der Waals surface area contributed by atoms with Crippen molar-refractivity contribution >= 4 is 5.69 Å². The first kappa shape index (κ1) is 13.2. The molecule has 1 heterocycles. The number of rotatable bonds is 3. The Kier molecular flexibility index (Phi) is 4.43. The van der Waals surface area contributed by atoms with E-state index in [-0.39, 0.29) is 0 Å². The van der Waals surface area contributed by atoms with Crippen molar-refractivity contribution in [1.82, 2.24) is 5.32 Å². The Morgan fingerprint density at radius 3 is 2.89 bits per heavy atom. The van der Waals surface area contributed by atoms with Gasteiger partial charge in [0.2, 0.25) is 0 Å². The summed E-state index contributed by atoms with van der Waals surface area (Å²) in [6.45, 7) is 6.51. The van der Waals surface area contributed by atoms with Crippen LogP contribution in [0.1, 0.15) is 38.3 Å². The molecule has 0 aliphatic carbocycles. The van der Waals surface area contributed by atoms with Crippen LogP contribution in [0.5, 0.6) is 0 Å². The van der Waals surface area contributed by atoms with Crippen LogP contribution in [-0.4, -0.2) is 20.1 Å². The number of hydrogen-bond donors (Lipinski definition) is 1. The summed E-state index contributed by atoms with van der Waals surface area (Å²) in [5, 5.41) is 3.44. The molecule has 1 aliphatic heterocycles. The highest BCUT2D eigenvalue weighted by molar-refractivity contribution is 5.56. The lowest BCUT2D eigenvalue weighted by Gasteiger charge is -2.24. The molecule has 0 aromatic heterocycles. The Bertz CT molecular complexity index is 419. The maximum absolute atomic E-state index is 3.44. The number of benzene rings is 1. The van der Waals surface area contributed by atoms with Gasteiger partial charge >= 0.3 is 0 Å². The van der Waals surface area contributed by atoms with E-state index in [4.69, 9.17) is 0 Å². The molecule has 0 saturated carbocycles. The molecule has 1 aliphatic rings. The Labute approximate surface area is 111 Å². The van der Waals surface area contributed by atoms with Crippen molar-refractivity contribution in [2.75, 3.05) is 25.0 Å². The maximum Gasteiger partial charge on any atom is 0.0417 e. The number of para-hydroxylation sites is 1. The van der Waals surface area contributed by atoms with Gasteiger partial charge in [-0.05, 0) is 45.4 Å². The summed E-state index contributed by atoms with van der Waals surface area (Å²) in [4.78, 5) is 2.50. The van der Waals surface area contributed by atoms with Crippen LogP contribution < -0.4 is 10.2 Å². The van der Waals surface area contributed by atoms with Crippen molar-refractivity contribution in [3.05, 3.63) is 41.5 Å². The zero-order valence-corrected chi connectivity index (χ0v) is 11.7. The second-order valence-corrected chi connectivity index (χ2v) is 5.27. The fourth-order valence-electron chi connectivity index (χ4n) is 2.61. The lowest BCUT2D eigenvalue weighted by molar-refractivity contribution is 0.542. The van der Waals surface area contributed by atoms with Gasteiger partial charge in [-0.1, -0.05) is 29.8 Å². The van der Waals surface area contributed by atoms with Crippen molar-refractivity contribution in [3.8, 4) is 0 Å². The molecule has 0 radical (unpaired) electrons. The van der Waals surface area contributed by atoms with Gasteiger partial charge < -0.3 is 10.2 Å². The summed E-state index contributed by atoms with van der Waals surface area (Å²) in [7, 11) is 2.06. The lowest BCUT2D eigenvalue weighted by Crippen LogP contribution is -2.24. The molecule has 0 amide bonds. The van der Waals surface area contributed by atoms with Gasteiger partial charge in [0, 0.05) is 24.8 Å². The van der Waals surface area contributed by atoms with Crippen molar-refractivity contribution in [2.45, 2.75) is 32.7 Å². The van der Waals surface area contributed by atoms with Crippen LogP contribution in [-0.2, 0) is 0 Å². The summed E-state index contributed by atoms with van der Waals surface area (Å²) < 4.78 is 0. The molecule has 0 bridgehead atoms. The molecule has 1 atom stereocenters. The van der Waals surface area contributed by atoms with Crippen molar-refractivity contribution in [2.24, 2.45) is 0 Å². The summed E-state index contributed by atoms with van der Waals surface area (Å²) >= 11 is 0. The molecular formula is C16H24N2. The molecule has 1 aromatic carbocycles. The lowest BCUT2D eigenvalue weighted by atomic mass is 10.0. The van der Waals surface area contributed by atoms with E-state index >= 15 is 0 Å². The SMILES string of the molecule is CNC1CCCN(CC=C(C)C)c2ccccc21. The van der Waals surface area contributed by atoms with Gasteiger partial charge in [0.1, 0.15) is 0 Å². The zero-order chi connectivity index (χ0) is 13.0. The Morgan fingerprint density at radius 2 is 2.17 bits per heavy atom. The van der Waals surface area contributed by atoms with E-state index in [2.05, 4.69) is 61.5 Å². The van der Waals surface area contributed by atoms with Crippen molar-refractivity contribution in [1.29, 1.82) is 0 Å². The largest absolute Gasteiger partial charge is 0.368 e. The van der Waals surface area contributed by atoms with Crippen LogP contribution in [0.3, 0.4) is 0 Å². The van der Waals surface area contributed by atoms with Crippen LogP contribution in [0, 0.1) is 0 Å². The molecule has 1 N–H and O–H groups in total. The Morgan fingerprint density at radius 1 is 1.39 bits per heavy atom. The molecular weight excluding hydrogens is 220 g/mol. The van der Waals surface area contributed by atoms with Crippen LogP contribution in [0.25, 0.3) is 0 Å². The van der Waals surface area contributed by atoms with Gasteiger partial charge in [0.15, 0.2) is 0 Å². The molecule has 1 unspecified atom stereocenters. The van der Waals surface area contributed by atoms with Gasteiger partial charge in [0.05, 0.1) is 0 Å². The fraction of sp³-hybridized carbons (Fsp3) is 0.500. The second-order valence-electron chi connectivity index (χ2n) is 5.27. The minimum absolute atomic E-state index is 0.498. The number of hydrogen-bond acceptors (Lipinski definition) is 2. The standard InChI is InChI=1S/C16H24N2/c1-13(2)10-12-18-11-6-8-15(17-3)14-7-4-5-9-16(14)18/h4-5,7,9-10,15,17H,6,8,11-12H2,1-3H3. The highest BCUT2D eigenvalue weighted by Gasteiger charge is 2.20. The summed E-state index contributed by atoms with van der Waals surface area (Å²) in [6, 6.07) is 9.30. The summed E-state index contributed by atoms with van der Waals surface area (Å²) in [5.74, 6) is 0. The minimum Gasteiger partial charge on any atom is -0.368 e. The third kappa shape index (κ3) is 2.94.